The van der Waals surface area contributed by atoms with E-state index in [2.05, 4.69) is 16.0 Å². The highest BCUT2D eigenvalue weighted by molar-refractivity contribution is 7.80. The first-order valence-electron chi connectivity index (χ1n) is 11.3. The number of amides is 1. The molecule has 7 nitrogen and oxygen atoms in total. The highest BCUT2D eigenvalue weighted by Gasteiger charge is 2.41. The van der Waals surface area contributed by atoms with Gasteiger partial charge >= 0.3 is 0 Å². The van der Waals surface area contributed by atoms with Crippen LogP contribution in [0.3, 0.4) is 0 Å². The fourth-order valence-corrected chi connectivity index (χ4v) is 4.65. The van der Waals surface area contributed by atoms with Crippen LogP contribution < -0.4 is 25.4 Å². The Kier molecular flexibility index (Phi) is 6.29. The van der Waals surface area contributed by atoms with Crippen LogP contribution in [0, 0.1) is 0 Å². The Morgan fingerprint density at radius 3 is 2.03 bits per heavy atom. The largest absolute Gasteiger partial charge is 0.497 e. The number of carbonyl (C=O) groups is 1. The zero-order chi connectivity index (χ0) is 24.4. The van der Waals surface area contributed by atoms with E-state index in [1.54, 1.807) is 14.2 Å². The number of carbonyl (C=O) groups excluding carboxylic acids is 1. The summed E-state index contributed by atoms with van der Waals surface area (Å²) in [5.41, 5.74) is 3.48. The quantitative estimate of drug-likeness (QED) is 0.458. The van der Waals surface area contributed by atoms with Gasteiger partial charge in [0.05, 0.1) is 25.8 Å². The molecule has 2 aliphatic heterocycles. The van der Waals surface area contributed by atoms with Crippen molar-refractivity contribution in [2.75, 3.05) is 14.2 Å². The number of nitrogens with one attached hydrogen (secondary N) is 3. The summed E-state index contributed by atoms with van der Waals surface area (Å²) in [7, 11) is 3.26. The van der Waals surface area contributed by atoms with Gasteiger partial charge in [-0.15, -0.1) is 0 Å². The van der Waals surface area contributed by atoms with Crippen molar-refractivity contribution in [3.63, 3.8) is 0 Å². The minimum absolute atomic E-state index is 0.0771. The smallest absolute Gasteiger partial charge is 0.258 e. The van der Waals surface area contributed by atoms with Gasteiger partial charge in [0.25, 0.3) is 5.91 Å². The van der Waals surface area contributed by atoms with Crippen molar-refractivity contribution in [2.24, 2.45) is 0 Å². The van der Waals surface area contributed by atoms with Crippen molar-refractivity contribution in [3.8, 4) is 11.5 Å². The average Bonchev–Trinajstić information content (AvgIpc) is 2.90. The zero-order valence-corrected chi connectivity index (χ0v) is 20.3. The molecule has 0 radical (unpaired) electrons. The zero-order valence-electron chi connectivity index (χ0n) is 19.4. The molecule has 3 aromatic carbocycles. The SMILES string of the molecule is COc1ccc(C2NC(=S)NC3=C2C(=O)N(Cc2ccccc2)C(c2ccc(OC)cc2)N3)cc1. The minimum atomic E-state index is -0.403. The molecule has 2 heterocycles. The van der Waals surface area contributed by atoms with Crippen LogP contribution in [0.4, 0.5) is 0 Å². The fourth-order valence-electron chi connectivity index (χ4n) is 4.43. The second kappa shape index (κ2) is 9.68. The molecule has 0 aromatic heterocycles. The standard InChI is InChI=1S/C27H26N4O3S/c1-33-20-12-8-18(9-13-20)23-22-24(30-27(35)28-23)29-25(19-10-14-21(34-2)15-11-19)31(26(22)32)16-17-6-4-3-5-7-17/h3-15,23,25,29H,16H2,1-2H3,(H2,28,30,35). The van der Waals surface area contributed by atoms with E-state index >= 15 is 0 Å². The van der Waals surface area contributed by atoms with E-state index < -0.39 is 12.2 Å². The first-order chi connectivity index (χ1) is 17.1. The fraction of sp³-hybridized carbons (Fsp3) is 0.185. The number of benzene rings is 3. The molecule has 0 fully saturated rings. The number of hydrogen-bond acceptors (Lipinski definition) is 5. The summed E-state index contributed by atoms with van der Waals surface area (Å²) in [5, 5.41) is 10.4. The molecule has 0 saturated carbocycles. The molecule has 2 unspecified atom stereocenters. The highest BCUT2D eigenvalue weighted by atomic mass is 32.1. The highest BCUT2D eigenvalue weighted by Crippen LogP contribution is 2.36. The summed E-state index contributed by atoms with van der Waals surface area (Å²) in [4.78, 5) is 16.0. The van der Waals surface area contributed by atoms with E-state index in [4.69, 9.17) is 21.7 Å². The number of nitrogens with zero attached hydrogens (tertiary/aromatic N) is 1. The van der Waals surface area contributed by atoms with Gasteiger partial charge in [0, 0.05) is 6.54 Å². The molecule has 1 amide bonds. The molecule has 2 atom stereocenters. The Balaban J connectivity index is 1.57. The van der Waals surface area contributed by atoms with E-state index in [0.29, 0.717) is 23.1 Å². The molecule has 0 aliphatic carbocycles. The van der Waals surface area contributed by atoms with Crippen LogP contribution in [0.15, 0.2) is 90.3 Å². The summed E-state index contributed by atoms with van der Waals surface area (Å²) < 4.78 is 10.6. The third-order valence-electron chi connectivity index (χ3n) is 6.23. The van der Waals surface area contributed by atoms with Crippen LogP contribution in [0.25, 0.3) is 0 Å². The first-order valence-corrected chi connectivity index (χ1v) is 11.7. The monoisotopic (exact) mass is 486 g/mol. The lowest BCUT2D eigenvalue weighted by atomic mass is 9.93. The van der Waals surface area contributed by atoms with Gasteiger partial charge in [-0.05, 0) is 53.2 Å². The van der Waals surface area contributed by atoms with Gasteiger partial charge in [-0.3, -0.25) is 4.79 Å². The van der Waals surface area contributed by atoms with Gasteiger partial charge in [-0.1, -0.05) is 54.6 Å². The predicted molar refractivity (Wildman–Crippen MR) is 137 cm³/mol. The molecule has 2 aliphatic rings. The van der Waals surface area contributed by atoms with Crippen LogP contribution in [0.1, 0.15) is 28.9 Å². The van der Waals surface area contributed by atoms with E-state index in [0.717, 1.165) is 28.2 Å². The van der Waals surface area contributed by atoms with Gasteiger partial charge in [-0.25, -0.2) is 0 Å². The maximum absolute atomic E-state index is 14.1. The molecule has 5 rings (SSSR count). The van der Waals surface area contributed by atoms with E-state index in [1.807, 2.05) is 83.8 Å². The van der Waals surface area contributed by atoms with E-state index in [9.17, 15) is 4.79 Å². The number of methoxy groups -OCH3 is 2. The Morgan fingerprint density at radius 2 is 1.43 bits per heavy atom. The minimum Gasteiger partial charge on any atom is -0.497 e. The van der Waals surface area contributed by atoms with Crippen LogP contribution in [0.2, 0.25) is 0 Å². The second-order valence-electron chi connectivity index (χ2n) is 8.33. The molecule has 0 spiro atoms. The van der Waals surface area contributed by atoms with Crippen molar-refractivity contribution in [2.45, 2.75) is 18.8 Å². The van der Waals surface area contributed by atoms with Crippen LogP contribution in [0.5, 0.6) is 11.5 Å². The van der Waals surface area contributed by atoms with Crippen molar-refractivity contribution >= 4 is 23.2 Å². The number of hydrogen-bond donors (Lipinski definition) is 3. The lowest BCUT2D eigenvalue weighted by Crippen LogP contribution is -2.57. The lowest BCUT2D eigenvalue weighted by Gasteiger charge is -2.43. The van der Waals surface area contributed by atoms with Crippen molar-refractivity contribution in [1.82, 2.24) is 20.9 Å². The molecule has 3 N–H and O–H groups in total. The Labute approximate surface area is 209 Å². The van der Waals surface area contributed by atoms with Crippen LogP contribution in [-0.2, 0) is 11.3 Å². The summed E-state index contributed by atoms with van der Waals surface area (Å²) in [6, 6.07) is 24.9. The van der Waals surface area contributed by atoms with Crippen molar-refractivity contribution < 1.29 is 14.3 Å². The first kappa shape index (κ1) is 22.7. The topological polar surface area (TPSA) is 74.9 Å². The van der Waals surface area contributed by atoms with Gasteiger partial charge < -0.3 is 30.3 Å². The second-order valence-corrected chi connectivity index (χ2v) is 8.74. The predicted octanol–water partition coefficient (Wildman–Crippen LogP) is 3.77. The molecule has 3 aromatic rings. The molecule has 0 saturated heterocycles. The van der Waals surface area contributed by atoms with Gasteiger partial charge in [0.1, 0.15) is 23.5 Å². The summed E-state index contributed by atoms with van der Waals surface area (Å²) in [5.74, 6) is 2.04. The Hall–Kier alpha value is -4.04. The lowest BCUT2D eigenvalue weighted by molar-refractivity contribution is -0.132. The number of thiocarbonyl (C=S) groups is 1. The summed E-state index contributed by atoms with van der Waals surface area (Å²) in [6.07, 6.45) is -0.391. The third-order valence-corrected chi connectivity index (χ3v) is 6.45. The third kappa shape index (κ3) is 4.52. The normalized spacial score (nSPS) is 19.3. The molecule has 178 valence electrons. The number of rotatable bonds is 6. The van der Waals surface area contributed by atoms with Crippen LogP contribution >= 0.6 is 12.2 Å². The average molecular weight is 487 g/mol. The van der Waals surface area contributed by atoms with Gasteiger partial charge in [0.15, 0.2) is 5.11 Å². The van der Waals surface area contributed by atoms with E-state index in [1.165, 1.54) is 0 Å². The Bertz CT molecular complexity index is 1260. The van der Waals surface area contributed by atoms with Crippen molar-refractivity contribution in [3.05, 3.63) is 107 Å². The summed E-state index contributed by atoms with van der Waals surface area (Å²) in [6.45, 7) is 0.444. The molecular formula is C27H26N4O3S. The van der Waals surface area contributed by atoms with Crippen molar-refractivity contribution in [1.29, 1.82) is 0 Å². The summed E-state index contributed by atoms with van der Waals surface area (Å²) >= 11 is 5.50. The maximum Gasteiger partial charge on any atom is 0.258 e. The van der Waals surface area contributed by atoms with Gasteiger partial charge in [-0.2, -0.15) is 0 Å². The molecule has 8 heteroatoms. The molecule has 35 heavy (non-hydrogen) atoms. The van der Waals surface area contributed by atoms with Gasteiger partial charge in [0.2, 0.25) is 0 Å². The molecular weight excluding hydrogens is 460 g/mol. The Morgan fingerprint density at radius 1 is 0.829 bits per heavy atom. The molecule has 0 bridgehead atoms. The van der Waals surface area contributed by atoms with E-state index in [-0.39, 0.29) is 5.91 Å². The maximum atomic E-state index is 14.1. The van der Waals surface area contributed by atoms with Crippen LogP contribution in [-0.4, -0.2) is 30.1 Å². The number of ether oxygens (including phenoxy) is 2.